The molecule has 10 heteroatoms. The predicted octanol–water partition coefficient (Wildman–Crippen LogP) is 4.88. The van der Waals surface area contributed by atoms with Crippen molar-refractivity contribution >= 4 is 43.0 Å². The number of amides is 1. The van der Waals surface area contributed by atoms with Crippen LogP contribution >= 0.6 is 0 Å². The average Bonchev–Trinajstić information content (AvgIpc) is 2.93. The molecule has 4 aromatic carbocycles. The molecule has 196 valence electrons. The molecule has 0 fully saturated rings. The molecule has 0 atom stereocenters. The lowest BCUT2D eigenvalue weighted by Crippen LogP contribution is -2.38. The number of nitrogens with one attached hydrogen (secondary N) is 2. The summed E-state index contributed by atoms with van der Waals surface area (Å²) in [7, 11) is -7.87. The van der Waals surface area contributed by atoms with Gasteiger partial charge in [0.1, 0.15) is 6.54 Å². The van der Waals surface area contributed by atoms with E-state index < -0.39 is 32.5 Å². The zero-order valence-corrected chi connectivity index (χ0v) is 22.2. The summed E-state index contributed by atoms with van der Waals surface area (Å²) in [4.78, 5) is 13.1. The van der Waals surface area contributed by atoms with Gasteiger partial charge in [-0.15, -0.1) is 0 Å². The first kappa shape index (κ1) is 26.9. The number of nitrogens with zero attached hydrogens (tertiary/aromatic N) is 1. The number of aryl methyl sites for hydroxylation is 1. The third-order valence-corrected chi connectivity index (χ3v) is 8.91. The van der Waals surface area contributed by atoms with Gasteiger partial charge in [-0.2, -0.15) is 0 Å². The predicted molar refractivity (Wildman–Crippen MR) is 149 cm³/mol. The lowest BCUT2D eigenvalue weighted by atomic mass is 10.1. The van der Waals surface area contributed by atoms with Crippen LogP contribution in [0.3, 0.4) is 0 Å². The second kappa shape index (κ2) is 11.5. The van der Waals surface area contributed by atoms with E-state index in [2.05, 4.69) is 10.0 Å². The lowest BCUT2D eigenvalue weighted by molar-refractivity contribution is -0.114. The molecule has 38 heavy (non-hydrogen) atoms. The summed E-state index contributed by atoms with van der Waals surface area (Å²) in [5.41, 5.74) is 1.95. The van der Waals surface area contributed by atoms with Crippen molar-refractivity contribution in [2.75, 3.05) is 20.9 Å². The molecule has 0 aliphatic rings. The molecule has 0 heterocycles. The molecule has 4 rings (SSSR count). The maximum atomic E-state index is 13.6. The van der Waals surface area contributed by atoms with Crippen molar-refractivity contribution in [2.45, 2.75) is 23.1 Å². The average molecular weight is 550 g/mol. The van der Waals surface area contributed by atoms with Crippen molar-refractivity contribution < 1.29 is 21.6 Å². The zero-order chi connectivity index (χ0) is 27.2. The molecule has 0 radical (unpaired) electrons. The summed E-state index contributed by atoms with van der Waals surface area (Å²) in [5, 5.41) is 2.67. The van der Waals surface area contributed by atoms with Crippen molar-refractivity contribution in [3.8, 4) is 0 Å². The van der Waals surface area contributed by atoms with E-state index in [1.54, 1.807) is 60.7 Å². The van der Waals surface area contributed by atoms with Crippen LogP contribution in [0.1, 0.15) is 12.5 Å². The highest BCUT2D eigenvalue weighted by molar-refractivity contribution is 7.93. The molecule has 0 saturated carbocycles. The van der Waals surface area contributed by atoms with Crippen LogP contribution in [0.15, 0.2) is 119 Å². The van der Waals surface area contributed by atoms with Gasteiger partial charge in [-0.3, -0.25) is 13.8 Å². The molecule has 0 saturated heterocycles. The maximum absolute atomic E-state index is 13.6. The second-order valence-electron chi connectivity index (χ2n) is 8.35. The second-order valence-corrected chi connectivity index (χ2v) is 11.9. The largest absolute Gasteiger partial charge is 0.325 e. The summed E-state index contributed by atoms with van der Waals surface area (Å²) in [6.45, 7) is 1.44. The van der Waals surface area contributed by atoms with Crippen LogP contribution < -0.4 is 14.3 Å². The normalized spacial score (nSPS) is 11.5. The van der Waals surface area contributed by atoms with Gasteiger partial charge in [0.05, 0.1) is 15.5 Å². The Morgan fingerprint density at radius 3 is 1.89 bits per heavy atom. The van der Waals surface area contributed by atoms with Gasteiger partial charge in [0.25, 0.3) is 20.0 Å². The maximum Gasteiger partial charge on any atom is 0.264 e. The quantitative estimate of drug-likeness (QED) is 0.293. The van der Waals surface area contributed by atoms with E-state index in [4.69, 9.17) is 0 Å². The van der Waals surface area contributed by atoms with Crippen molar-refractivity contribution in [3.63, 3.8) is 0 Å². The Balaban J connectivity index is 1.55. The molecule has 0 aromatic heterocycles. The molecular weight excluding hydrogens is 522 g/mol. The van der Waals surface area contributed by atoms with Crippen molar-refractivity contribution in [1.29, 1.82) is 0 Å². The molecule has 0 aliphatic carbocycles. The number of rotatable bonds is 10. The van der Waals surface area contributed by atoms with Gasteiger partial charge in [0, 0.05) is 11.4 Å². The number of benzene rings is 4. The van der Waals surface area contributed by atoms with Gasteiger partial charge in [-0.25, -0.2) is 16.8 Å². The minimum Gasteiger partial charge on any atom is -0.325 e. The number of sulfonamides is 2. The van der Waals surface area contributed by atoms with Gasteiger partial charge in [-0.05, 0) is 66.6 Å². The number of carbonyl (C=O) groups is 1. The van der Waals surface area contributed by atoms with E-state index in [0.717, 1.165) is 9.87 Å². The van der Waals surface area contributed by atoms with Crippen LogP contribution in [0.4, 0.5) is 17.1 Å². The number of carbonyl (C=O) groups excluding carboxylic acids is 1. The standard InChI is InChI=1S/C28H27N3O5S2/c1-2-22-11-9-10-16-27(22)31(38(35,36)26-14-7-4-8-15-26)21-28(32)29-23-17-19-25(20-18-23)37(33,34)30-24-12-5-3-6-13-24/h3-20,30H,2,21H2,1H3,(H,29,32). The van der Waals surface area contributed by atoms with Crippen molar-refractivity contribution in [1.82, 2.24) is 0 Å². The van der Waals surface area contributed by atoms with Gasteiger partial charge >= 0.3 is 0 Å². The Morgan fingerprint density at radius 1 is 0.684 bits per heavy atom. The highest BCUT2D eigenvalue weighted by Crippen LogP contribution is 2.28. The fourth-order valence-electron chi connectivity index (χ4n) is 3.84. The summed E-state index contributed by atoms with van der Waals surface area (Å²) in [6, 6.07) is 29.1. The number of hydrogen-bond acceptors (Lipinski definition) is 5. The summed E-state index contributed by atoms with van der Waals surface area (Å²) in [6.07, 6.45) is 0.575. The topological polar surface area (TPSA) is 113 Å². The van der Waals surface area contributed by atoms with E-state index in [-0.39, 0.29) is 9.79 Å². The highest BCUT2D eigenvalue weighted by atomic mass is 32.2. The first-order valence-corrected chi connectivity index (χ1v) is 14.8. The third kappa shape index (κ3) is 6.21. The van der Waals surface area contributed by atoms with E-state index in [9.17, 15) is 21.6 Å². The Labute approximate surface area is 223 Å². The van der Waals surface area contributed by atoms with Crippen LogP contribution in [-0.4, -0.2) is 29.3 Å². The van der Waals surface area contributed by atoms with Crippen molar-refractivity contribution in [3.05, 3.63) is 115 Å². The fourth-order valence-corrected chi connectivity index (χ4v) is 6.38. The van der Waals surface area contributed by atoms with Crippen LogP contribution in [-0.2, 0) is 31.3 Å². The highest BCUT2D eigenvalue weighted by Gasteiger charge is 2.28. The van der Waals surface area contributed by atoms with E-state index in [1.807, 2.05) is 19.1 Å². The molecule has 0 bridgehead atoms. The fraction of sp³-hybridized carbons (Fsp3) is 0.107. The Kier molecular flexibility index (Phi) is 8.13. The third-order valence-electron chi connectivity index (χ3n) is 5.73. The molecule has 4 aromatic rings. The summed E-state index contributed by atoms with van der Waals surface area (Å²) in [5.74, 6) is -0.576. The lowest BCUT2D eigenvalue weighted by Gasteiger charge is -2.26. The van der Waals surface area contributed by atoms with Crippen LogP contribution in [0.25, 0.3) is 0 Å². The summed E-state index contributed by atoms with van der Waals surface area (Å²) >= 11 is 0. The number of anilines is 3. The summed E-state index contributed by atoms with van der Waals surface area (Å²) < 4.78 is 56.1. The van der Waals surface area contributed by atoms with Gasteiger partial charge in [-0.1, -0.05) is 61.5 Å². The Hall–Kier alpha value is -4.15. The molecule has 1 amide bonds. The first-order chi connectivity index (χ1) is 18.2. The van der Waals surface area contributed by atoms with E-state index in [0.29, 0.717) is 23.5 Å². The van der Waals surface area contributed by atoms with Gasteiger partial charge in [0.2, 0.25) is 5.91 Å². The molecular formula is C28H27N3O5S2. The van der Waals surface area contributed by atoms with Crippen molar-refractivity contribution in [2.24, 2.45) is 0 Å². The number of para-hydroxylation sites is 2. The van der Waals surface area contributed by atoms with Gasteiger partial charge in [0.15, 0.2) is 0 Å². The molecule has 8 nitrogen and oxygen atoms in total. The monoisotopic (exact) mass is 549 g/mol. The Bertz CT molecular complexity index is 1610. The molecule has 0 aliphatic heterocycles. The SMILES string of the molecule is CCc1ccccc1N(CC(=O)Nc1ccc(S(=O)(=O)Nc2ccccc2)cc1)S(=O)(=O)c1ccccc1. The van der Waals surface area contributed by atoms with Crippen LogP contribution in [0.5, 0.6) is 0 Å². The first-order valence-electron chi connectivity index (χ1n) is 11.8. The zero-order valence-electron chi connectivity index (χ0n) is 20.6. The van der Waals surface area contributed by atoms with E-state index >= 15 is 0 Å². The van der Waals surface area contributed by atoms with Crippen LogP contribution in [0.2, 0.25) is 0 Å². The smallest absolute Gasteiger partial charge is 0.264 e. The number of hydrogen-bond donors (Lipinski definition) is 2. The van der Waals surface area contributed by atoms with Gasteiger partial charge < -0.3 is 5.32 Å². The van der Waals surface area contributed by atoms with E-state index in [1.165, 1.54) is 36.4 Å². The molecule has 0 spiro atoms. The molecule has 0 unspecified atom stereocenters. The molecule has 2 N–H and O–H groups in total. The minimum atomic E-state index is -4.04. The van der Waals surface area contributed by atoms with Crippen LogP contribution in [0, 0.1) is 0 Å². The minimum absolute atomic E-state index is 0.0181. The Morgan fingerprint density at radius 2 is 1.26 bits per heavy atom.